The Kier molecular flexibility index (Phi) is 3.76. The van der Waals surface area contributed by atoms with E-state index in [4.69, 9.17) is 10.2 Å². The lowest BCUT2D eigenvalue weighted by atomic mass is 10.3. The van der Waals surface area contributed by atoms with Gasteiger partial charge in [0.15, 0.2) is 0 Å². The summed E-state index contributed by atoms with van der Waals surface area (Å²) in [7, 11) is -1.11. The quantitative estimate of drug-likeness (QED) is 0.412. The summed E-state index contributed by atoms with van der Waals surface area (Å²) in [5.41, 5.74) is -1.27. The van der Waals surface area contributed by atoms with Gasteiger partial charge in [-0.1, -0.05) is 4.57 Å². The first-order chi connectivity index (χ1) is 4.63. The molecule has 0 aliphatic heterocycles. The number of hydrogen-bond acceptors (Lipinski definition) is 4. The van der Waals surface area contributed by atoms with Gasteiger partial charge in [0.1, 0.15) is 0 Å². The summed E-state index contributed by atoms with van der Waals surface area (Å²) in [6, 6.07) is 0. The minimum atomic E-state index is -1.66. The number of carboxylic acids is 1. The Balaban J connectivity index is 4.15. The van der Waals surface area contributed by atoms with Crippen LogP contribution < -0.4 is 0 Å². The van der Waals surface area contributed by atoms with Gasteiger partial charge in [-0.05, 0) is 0 Å². The number of Topliss-reactive ketones (excluding diaryl/α,β-unsaturated/α-hetero) is 1. The highest BCUT2D eigenvalue weighted by molar-refractivity contribution is 7.27. The number of carbonyl (C=O) groups excluding carboxylic acids is 1. The van der Waals surface area contributed by atoms with Crippen LogP contribution in [0.1, 0.15) is 0 Å². The molecular weight excluding hydrogens is 159 g/mol. The molecule has 5 nitrogen and oxygen atoms in total. The topological polar surface area (TPSA) is 91.7 Å². The van der Waals surface area contributed by atoms with E-state index < -0.39 is 32.5 Å². The van der Waals surface area contributed by atoms with Crippen LogP contribution >= 0.6 is 8.46 Å². The average Bonchev–Trinajstić information content (AvgIpc) is 1.90. The molecule has 56 valence electrons. The summed E-state index contributed by atoms with van der Waals surface area (Å²) < 4.78 is 9.99. The van der Waals surface area contributed by atoms with E-state index in [2.05, 4.69) is 0 Å². The van der Waals surface area contributed by atoms with Crippen LogP contribution in [0.5, 0.6) is 0 Å². The van der Waals surface area contributed by atoms with Gasteiger partial charge in [0.05, 0.1) is 6.61 Å². The first kappa shape index (κ1) is 9.20. The molecule has 0 spiro atoms. The predicted molar refractivity (Wildman–Crippen MR) is 32.5 cm³/mol. The minimum absolute atomic E-state index is 0.687. The van der Waals surface area contributed by atoms with Gasteiger partial charge in [-0.25, -0.2) is 4.79 Å². The Morgan fingerprint density at radius 1 is 1.50 bits per heavy atom. The van der Waals surface area contributed by atoms with Gasteiger partial charge in [0.2, 0.25) is 5.66 Å². The van der Waals surface area contributed by atoms with Gasteiger partial charge < -0.3 is 10.2 Å². The van der Waals surface area contributed by atoms with Crippen molar-refractivity contribution in [2.75, 3.05) is 6.61 Å². The molecule has 2 N–H and O–H groups in total. The fourth-order valence-corrected chi connectivity index (χ4v) is 0.628. The monoisotopic (exact) mass is 165 g/mol. The Bertz CT molecular complexity index is 165. The van der Waals surface area contributed by atoms with Crippen LogP contribution in [0.25, 0.3) is 0 Å². The maximum atomic E-state index is 10.4. The summed E-state index contributed by atoms with van der Waals surface area (Å²) >= 11 is 0. The fourth-order valence-electron chi connectivity index (χ4n) is 0.323. The molecular formula is C4H6O5P+. The molecule has 0 heterocycles. The van der Waals surface area contributed by atoms with Crippen molar-refractivity contribution in [2.24, 2.45) is 0 Å². The molecule has 0 radical (unpaired) electrons. The van der Waals surface area contributed by atoms with E-state index in [1.807, 2.05) is 0 Å². The average molecular weight is 165 g/mol. The number of rotatable bonds is 4. The standard InChI is InChI=1S/C4H5O5P/c5-1-2(10-9)3(6)4(7)8/h2,5H,1H2,(H,7,8)/p+1. The fraction of sp³-hybridized carbons (Fsp3) is 0.500. The van der Waals surface area contributed by atoms with E-state index in [0.717, 1.165) is 0 Å². The summed E-state index contributed by atoms with van der Waals surface area (Å²) in [4.78, 5) is 20.2. The van der Waals surface area contributed by atoms with Crippen molar-refractivity contribution in [3.05, 3.63) is 0 Å². The lowest BCUT2D eigenvalue weighted by molar-refractivity contribution is -0.149. The molecule has 0 saturated carbocycles. The van der Waals surface area contributed by atoms with Crippen molar-refractivity contribution >= 4 is 20.2 Å². The third-order valence-corrected chi connectivity index (χ3v) is 1.58. The lowest BCUT2D eigenvalue weighted by Crippen LogP contribution is -2.26. The zero-order chi connectivity index (χ0) is 8.15. The Morgan fingerprint density at radius 3 is 2.10 bits per heavy atom. The van der Waals surface area contributed by atoms with Crippen LogP contribution in [0.15, 0.2) is 0 Å². The van der Waals surface area contributed by atoms with Gasteiger partial charge in [0.25, 0.3) is 5.78 Å². The second-order valence-electron chi connectivity index (χ2n) is 1.52. The summed E-state index contributed by atoms with van der Waals surface area (Å²) in [5.74, 6) is -2.88. The molecule has 0 saturated heterocycles. The van der Waals surface area contributed by atoms with Crippen LogP contribution in [0, 0.1) is 0 Å². The van der Waals surface area contributed by atoms with E-state index in [0.29, 0.717) is 0 Å². The van der Waals surface area contributed by atoms with Crippen molar-refractivity contribution in [3.63, 3.8) is 0 Å². The molecule has 0 fully saturated rings. The Labute approximate surface area is 57.9 Å². The maximum absolute atomic E-state index is 10.4. The number of carbonyl (C=O) groups is 2. The van der Waals surface area contributed by atoms with Gasteiger partial charge in [-0.3, -0.25) is 4.79 Å². The molecule has 0 amide bonds. The smallest absolute Gasteiger partial charge is 0.377 e. The molecule has 0 aromatic rings. The maximum Gasteiger partial charge on any atom is 0.377 e. The summed E-state index contributed by atoms with van der Waals surface area (Å²) in [6.45, 7) is -0.687. The van der Waals surface area contributed by atoms with Gasteiger partial charge in [-0.15, -0.1) is 0 Å². The largest absolute Gasteiger partial charge is 0.475 e. The third kappa shape index (κ3) is 2.21. The first-order valence-electron chi connectivity index (χ1n) is 2.39. The van der Waals surface area contributed by atoms with E-state index >= 15 is 0 Å². The molecule has 0 aliphatic carbocycles. The second-order valence-corrected chi connectivity index (χ2v) is 2.46. The zero-order valence-electron chi connectivity index (χ0n) is 4.90. The molecule has 0 aliphatic rings. The van der Waals surface area contributed by atoms with Crippen LogP contribution in [-0.4, -0.2) is 34.2 Å². The highest BCUT2D eigenvalue weighted by Gasteiger charge is 2.30. The Morgan fingerprint density at radius 2 is 2.00 bits per heavy atom. The van der Waals surface area contributed by atoms with Gasteiger partial charge in [-0.2, -0.15) is 0 Å². The molecule has 0 rings (SSSR count). The van der Waals surface area contributed by atoms with E-state index in [1.165, 1.54) is 0 Å². The van der Waals surface area contributed by atoms with Crippen LogP contribution in [-0.2, 0) is 14.2 Å². The molecule has 0 aromatic heterocycles. The molecule has 0 aromatic carbocycles. The molecule has 2 unspecified atom stereocenters. The lowest BCUT2D eigenvalue weighted by Gasteiger charge is -1.91. The number of ketones is 1. The van der Waals surface area contributed by atoms with Crippen molar-refractivity contribution in [1.29, 1.82) is 0 Å². The second kappa shape index (κ2) is 4.09. The van der Waals surface area contributed by atoms with E-state index in [1.54, 1.807) is 0 Å². The normalized spacial score (nSPS) is 12.9. The highest BCUT2D eigenvalue weighted by atomic mass is 31.1. The van der Waals surface area contributed by atoms with Crippen LogP contribution in [0.3, 0.4) is 0 Å². The van der Waals surface area contributed by atoms with E-state index in [-0.39, 0.29) is 0 Å². The van der Waals surface area contributed by atoms with Crippen molar-refractivity contribution < 1.29 is 24.4 Å². The number of aliphatic carboxylic acids is 1. The van der Waals surface area contributed by atoms with Crippen LogP contribution in [0.2, 0.25) is 0 Å². The number of hydrogen-bond donors (Lipinski definition) is 2. The number of aliphatic hydroxyl groups is 1. The molecule has 2 atom stereocenters. The zero-order valence-corrected chi connectivity index (χ0v) is 5.90. The number of aliphatic hydroxyl groups excluding tert-OH is 1. The van der Waals surface area contributed by atoms with E-state index in [9.17, 15) is 14.2 Å². The SMILES string of the molecule is O=[PH+]C(CO)C(=O)C(=O)O. The summed E-state index contributed by atoms with van der Waals surface area (Å²) in [6.07, 6.45) is 0. The minimum Gasteiger partial charge on any atom is -0.475 e. The third-order valence-electron chi connectivity index (χ3n) is 0.852. The van der Waals surface area contributed by atoms with Gasteiger partial charge in [0, 0.05) is 0 Å². The van der Waals surface area contributed by atoms with Crippen LogP contribution in [0.4, 0.5) is 0 Å². The van der Waals surface area contributed by atoms with Crippen molar-refractivity contribution in [2.45, 2.75) is 5.66 Å². The summed E-state index contributed by atoms with van der Waals surface area (Å²) in [5, 5.41) is 16.3. The molecule has 10 heavy (non-hydrogen) atoms. The molecule has 6 heteroatoms. The highest BCUT2D eigenvalue weighted by Crippen LogP contribution is 2.05. The van der Waals surface area contributed by atoms with Crippen molar-refractivity contribution in [1.82, 2.24) is 0 Å². The number of carboxylic acid groups (broad SMARTS) is 1. The van der Waals surface area contributed by atoms with Gasteiger partial charge >= 0.3 is 14.4 Å². The predicted octanol–water partition coefficient (Wildman–Crippen LogP) is -0.975. The Hall–Kier alpha value is -0.800. The van der Waals surface area contributed by atoms with Crippen molar-refractivity contribution in [3.8, 4) is 0 Å². The first-order valence-corrected chi connectivity index (χ1v) is 3.37. The molecule has 0 bridgehead atoms.